The monoisotopic (exact) mass is 428 g/mol. The zero-order valence-corrected chi connectivity index (χ0v) is 19.1. The molecule has 2 atom stereocenters. The third-order valence-electron chi connectivity index (χ3n) is 5.52. The lowest BCUT2D eigenvalue weighted by atomic mass is 9.79. The quantitative estimate of drug-likeness (QED) is 0.309. The van der Waals surface area contributed by atoms with Crippen LogP contribution in [0.3, 0.4) is 0 Å². The minimum Gasteiger partial charge on any atom is -0.479 e. The Morgan fingerprint density at radius 1 is 1.37 bits per heavy atom. The molecule has 1 heterocycles. The molecule has 0 saturated carbocycles. The van der Waals surface area contributed by atoms with Gasteiger partial charge in [-0.25, -0.2) is 0 Å². The first kappa shape index (κ1) is 22.2. The molecule has 160 valence electrons. The largest absolute Gasteiger partial charge is 0.479 e. The molecular formula is C24H29ClN2O3. The Morgan fingerprint density at radius 3 is 2.70 bits per heavy atom. The van der Waals surface area contributed by atoms with Crippen LogP contribution in [0, 0.1) is 17.0 Å². The maximum atomic E-state index is 11.7. The molecule has 0 bridgehead atoms. The number of anilines is 1. The Bertz CT molecular complexity index is 1010. The fourth-order valence-corrected chi connectivity index (χ4v) is 4.84. The first-order chi connectivity index (χ1) is 14.1. The van der Waals surface area contributed by atoms with Gasteiger partial charge in [0, 0.05) is 28.4 Å². The number of nitro benzene ring substituents is 1. The summed E-state index contributed by atoms with van der Waals surface area (Å²) in [5.41, 5.74) is 4.48. The smallest absolute Gasteiger partial charge is 0.311 e. The predicted octanol–water partition coefficient (Wildman–Crippen LogP) is 7.26. The molecule has 0 spiro atoms. The van der Waals surface area contributed by atoms with E-state index in [4.69, 9.17) is 16.3 Å². The van der Waals surface area contributed by atoms with Crippen molar-refractivity contribution in [2.24, 2.45) is 0 Å². The van der Waals surface area contributed by atoms with E-state index >= 15 is 0 Å². The Hall–Kier alpha value is -2.53. The summed E-state index contributed by atoms with van der Waals surface area (Å²) in [5.74, 6) is 0.499. The maximum absolute atomic E-state index is 11.7. The van der Waals surface area contributed by atoms with Crippen molar-refractivity contribution in [3.63, 3.8) is 0 Å². The molecule has 2 aromatic carbocycles. The van der Waals surface area contributed by atoms with E-state index in [1.807, 2.05) is 45.1 Å². The number of nitrogens with one attached hydrogen (secondary N) is 1. The molecule has 2 aromatic rings. The van der Waals surface area contributed by atoms with E-state index in [0.717, 1.165) is 28.8 Å². The summed E-state index contributed by atoms with van der Waals surface area (Å²) in [6, 6.07) is 6.97. The van der Waals surface area contributed by atoms with Gasteiger partial charge in [0.15, 0.2) is 0 Å². The van der Waals surface area contributed by atoms with Crippen molar-refractivity contribution in [3.05, 3.63) is 62.7 Å². The highest BCUT2D eigenvalue weighted by Gasteiger charge is 2.33. The average Bonchev–Trinajstić information content (AvgIpc) is 2.63. The van der Waals surface area contributed by atoms with Crippen molar-refractivity contribution in [2.75, 3.05) is 5.32 Å². The topological polar surface area (TPSA) is 64.4 Å². The van der Waals surface area contributed by atoms with Gasteiger partial charge in [0.05, 0.1) is 9.95 Å². The third kappa shape index (κ3) is 4.17. The summed E-state index contributed by atoms with van der Waals surface area (Å²) in [6.07, 6.45) is 4.35. The van der Waals surface area contributed by atoms with E-state index in [0.29, 0.717) is 10.6 Å². The Morgan fingerprint density at radius 2 is 2.07 bits per heavy atom. The van der Waals surface area contributed by atoms with Crippen molar-refractivity contribution in [2.45, 2.75) is 65.5 Å². The summed E-state index contributed by atoms with van der Waals surface area (Å²) in [7, 11) is 0. The summed E-state index contributed by atoms with van der Waals surface area (Å²) in [5, 5.41) is 16.0. The molecular weight excluding hydrogens is 400 g/mol. The van der Waals surface area contributed by atoms with Crippen LogP contribution in [0.4, 0.5) is 11.4 Å². The first-order valence-electron chi connectivity index (χ1n) is 10.2. The second-order valence-corrected chi connectivity index (χ2v) is 9.10. The molecule has 3 rings (SSSR count). The van der Waals surface area contributed by atoms with E-state index in [9.17, 15) is 10.1 Å². The zero-order chi connectivity index (χ0) is 22.2. The normalized spacial score (nSPS) is 18.6. The summed E-state index contributed by atoms with van der Waals surface area (Å²) in [4.78, 5) is 11.3. The number of ether oxygens (including phenoxy) is 1. The van der Waals surface area contributed by atoms with E-state index in [2.05, 4.69) is 26.1 Å². The SMILES string of the molecule is CC=CC(C)Oc1c(-c2cc(C)c3c(c2Cl)C(C)CC(C)(C)N3)cccc1[N+](=O)[O-]. The first-order valence-corrected chi connectivity index (χ1v) is 10.6. The van der Waals surface area contributed by atoms with Crippen LogP contribution in [0.1, 0.15) is 58.1 Å². The van der Waals surface area contributed by atoms with Crippen molar-refractivity contribution in [1.82, 2.24) is 0 Å². The second-order valence-electron chi connectivity index (χ2n) is 8.72. The van der Waals surface area contributed by atoms with Crippen molar-refractivity contribution in [1.29, 1.82) is 0 Å². The predicted molar refractivity (Wildman–Crippen MR) is 124 cm³/mol. The molecule has 1 aliphatic rings. The number of allylic oxidation sites excluding steroid dienone is 1. The van der Waals surface area contributed by atoms with Crippen LogP contribution in [-0.2, 0) is 0 Å². The number of aryl methyl sites for hydroxylation is 1. The molecule has 0 aliphatic carbocycles. The van der Waals surface area contributed by atoms with Gasteiger partial charge in [-0.1, -0.05) is 36.7 Å². The van der Waals surface area contributed by atoms with Gasteiger partial charge in [-0.2, -0.15) is 0 Å². The molecule has 0 aromatic heterocycles. The van der Waals surface area contributed by atoms with Crippen LogP contribution in [0.25, 0.3) is 11.1 Å². The Balaban J connectivity index is 2.24. The van der Waals surface area contributed by atoms with Gasteiger partial charge in [-0.05, 0) is 70.2 Å². The summed E-state index contributed by atoms with van der Waals surface area (Å²) < 4.78 is 6.03. The molecule has 30 heavy (non-hydrogen) atoms. The number of nitro groups is 1. The van der Waals surface area contributed by atoms with Crippen LogP contribution in [0.2, 0.25) is 5.02 Å². The highest BCUT2D eigenvalue weighted by Crippen LogP contribution is 2.50. The third-order valence-corrected chi connectivity index (χ3v) is 5.93. The van der Waals surface area contributed by atoms with E-state index in [1.165, 1.54) is 6.07 Å². The van der Waals surface area contributed by atoms with Crippen molar-refractivity contribution >= 4 is 23.0 Å². The Kier molecular flexibility index (Phi) is 6.14. The van der Waals surface area contributed by atoms with Gasteiger partial charge in [0.1, 0.15) is 6.10 Å². The fourth-order valence-electron chi connectivity index (χ4n) is 4.40. The standard InChI is InChI=1S/C24H29ClN2O3/c1-7-9-16(4)30-23-17(10-8-11-19(23)27(28)29)18-12-14(2)22-20(21(18)25)15(3)13-24(5,6)26-22/h7-12,15-16,26H,13H2,1-6H3. The fraction of sp³-hybridized carbons (Fsp3) is 0.417. The molecule has 0 fully saturated rings. The highest BCUT2D eigenvalue weighted by atomic mass is 35.5. The summed E-state index contributed by atoms with van der Waals surface area (Å²) >= 11 is 6.94. The van der Waals surface area contributed by atoms with Crippen LogP contribution >= 0.6 is 11.6 Å². The van der Waals surface area contributed by atoms with Crippen LogP contribution in [0.5, 0.6) is 5.75 Å². The number of benzene rings is 2. The molecule has 0 radical (unpaired) electrons. The van der Waals surface area contributed by atoms with Gasteiger partial charge >= 0.3 is 5.69 Å². The van der Waals surface area contributed by atoms with Gasteiger partial charge in [-0.3, -0.25) is 10.1 Å². The maximum Gasteiger partial charge on any atom is 0.311 e. The molecule has 1 N–H and O–H groups in total. The summed E-state index contributed by atoms with van der Waals surface area (Å²) in [6.45, 7) is 12.3. The number of hydrogen-bond acceptors (Lipinski definition) is 4. The lowest BCUT2D eigenvalue weighted by Crippen LogP contribution is -2.37. The molecule has 2 unspecified atom stereocenters. The van der Waals surface area contributed by atoms with Gasteiger partial charge in [0.2, 0.25) is 5.75 Å². The highest BCUT2D eigenvalue weighted by molar-refractivity contribution is 6.35. The Labute approximate surface area is 183 Å². The molecule has 0 amide bonds. The van der Waals surface area contributed by atoms with E-state index in [1.54, 1.807) is 6.07 Å². The van der Waals surface area contributed by atoms with Crippen molar-refractivity contribution < 1.29 is 9.66 Å². The zero-order valence-electron chi connectivity index (χ0n) is 18.4. The molecule has 0 saturated heterocycles. The van der Waals surface area contributed by atoms with Crippen molar-refractivity contribution in [3.8, 4) is 16.9 Å². The lowest BCUT2D eigenvalue weighted by molar-refractivity contribution is -0.385. The average molecular weight is 429 g/mol. The van der Waals surface area contributed by atoms with Crippen LogP contribution < -0.4 is 10.1 Å². The molecule has 6 heteroatoms. The minimum absolute atomic E-state index is 0.0241. The van der Waals surface area contributed by atoms with Crippen LogP contribution in [0.15, 0.2) is 36.4 Å². The molecule has 1 aliphatic heterocycles. The van der Waals surface area contributed by atoms with E-state index in [-0.39, 0.29) is 29.0 Å². The van der Waals surface area contributed by atoms with Gasteiger partial charge in [0.25, 0.3) is 0 Å². The lowest BCUT2D eigenvalue weighted by Gasteiger charge is -2.39. The number of nitrogens with zero attached hydrogens (tertiary/aromatic N) is 1. The molecule has 5 nitrogen and oxygen atoms in total. The number of hydrogen-bond donors (Lipinski definition) is 1. The van der Waals surface area contributed by atoms with Gasteiger partial charge < -0.3 is 10.1 Å². The van der Waals surface area contributed by atoms with E-state index < -0.39 is 4.92 Å². The number of rotatable bonds is 5. The van der Waals surface area contributed by atoms with Gasteiger partial charge in [-0.15, -0.1) is 0 Å². The second kappa shape index (κ2) is 8.31. The number of para-hydroxylation sites is 1. The van der Waals surface area contributed by atoms with Crippen LogP contribution in [-0.4, -0.2) is 16.6 Å². The number of fused-ring (bicyclic) bond motifs is 1. The number of halogens is 1. The minimum atomic E-state index is -0.410.